The normalized spacial score (nSPS) is 11.2. The smallest absolute Gasteiger partial charge is 0.270 e. The molecule has 0 aliphatic carbocycles. The number of hydrogen-bond donors (Lipinski definition) is 2. The Morgan fingerprint density at radius 3 is 2.81 bits per heavy atom. The molecule has 0 saturated heterocycles. The molecule has 5 heteroatoms. The molecule has 1 aromatic heterocycles. The number of halogens is 1. The number of carbonyl (C=O) groups excluding carboxylic acids is 1. The first-order valence-electron chi connectivity index (χ1n) is 5.00. The molecule has 0 fully saturated rings. The van der Waals surface area contributed by atoms with E-state index >= 15 is 0 Å². The van der Waals surface area contributed by atoms with Crippen LogP contribution in [-0.4, -0.2) is 28.1 Å². The lowest BCUT2D eigenvalue weighted by molar-refractivity contribution is 0.0893. The first-order valence-corrected chi connectivity index (χ1v) is 5.00. The lowest BCUT2D eigenvalue weighted by atomic mass is 10.0. The Hall–Kier alpha value is -1.49. The number of aliphatic hydroxyl groups excluding tert-OH is 1. The number of carbonyl (C=O) groups is 1. The summed E-state index contributed by atoms with van der Waals surface area (Å²) in [7, 11) is 0. The maximum Gasteiger partial charge on any atom is 0.270 e. The van der Waals surface area contributed by atoms with Crippen molar-refractivity contribution < 1.29 is 14.3 Å². The van der Waals surface area contributed by atoms with Crippen LogP contribution in [0.2, 0.25) is 0 Å². The van der Waals surface area contributed by atoms with E-state index in [0.717, 1.165) is 0 Å². The minimum Gasteiger partial charge on any atom is -0.396 e. The van der Waals surface area contributed by atoms with E-state index in [1.165, 1.54) is 18.2 Å². The van der Waals surface area contributed by atoms with Gasteiger partial charge in [0.2, 0.25) is 5.95 Å². The number of pyridine rings is 1. The number of aromatic nitrogens is 1. The van der Waals surface area contributed by atoms with Crippen LogP contribution in [0.5, 0.6) is 0 Å². The molecule has 1 aromatic rings. The zero-order chi connectivity index (χ0) is 12.2. The average Bonchev–Trinajstić information content (AvgIpc) is 2.16. The lowest BCUT2D eigenvalue weighted by Gasteiger charge is -2.25. The number of hydrogen-bond acceptors (Lipinski definition) is 3. The van der Waals surface area contributed by atoms with Crippen LogP contribution < -0.4 is 5.32 Å². The third kappa shape index (κ3) is 3.58. The van der Waals surface area contributed by atoms with E-state index in [2.05, 4.69) is 10.3 Å². The molecule has 0 bridgehead atoms. The zero-order valence-corrected chi connectivity index (χ0v) is 9.33. The highest BCUT2D eigenvalue weighted by molar-refractivity contribution is 5.92. The van der Waals surface area contributed by atoms with Gasteiger partial charge in [-0.05, 0) is 32.4 Å². The Morgan fingerprint density at radius 1 is 1.56 bits per heavy atom. The van der Waals surface area contributed by atoms with Gasteiger partial charge in [0.25, 0.3) is 5.91 Å². The molecule has 1 heterocycles. The van der Waals surface area contributed by atoms with Crippen molar-refractivity contribution >= 4 is 5.91 Å². The molecule has 0 unspecified atom stereocenters. The Balaban J connectivity index is 2.72. The van der Waals surface area contributed by atoms with E-state index in [4.69, 9.17) is 5.11 Å². The SMILES string of the molecule is CC(C)(CCO)NC(=O)c1cccc(F)n1. The van der Waals surface area contributed by atoms with Crippen LogP contribution in [0.3, 0.4) is 0 Å². The molecule has 2 N–H and O–H groups in total. The zero-order valence-electron chi connectivity index (χ0n) is 9.33. The van der Waals surface area contributed by atoms with Gasteiger partial charge in [0, 0.05) is 12.1 Å². The second-order valence-corrected chi connectivity index (χ2v) is 4.16. The van der Waals surface area contributed by atoms with Gasteiger partial charge in [-0.3, -0.25) is 4.79 Å². The molecular formula is C11H15FN2O2. The van der Waals surface area contributed by atoms with E-state index in [1.54, 1.807) is 13.8 Å². The predicted molar refractivity (Wildman–Crippen MR) is 57.4 cm³/mol. The summed E-state index contributed by atoms with van der Waals surface area (Å²) in [4.78, 5) is 15.1. The quantitative estimate of drug-likeness (QED) is 0.756. The standard InChI is InChI=1S/C11H15FN2O2/c1-11(2,6-7-15)14-10(16)8-4-3-5-9(12)13-8/h3-5,15H,6-7H2,1-2H3,(H,14,16). The highest BCUT2D eigenvalue weighted by Crippen LogP contribution is 2.08. The second kappa shape index (κ2) is 5.03. The van der Waals surface area contributed by atoms with Gasteiger partial charge in [0.15, 0.2) is 0 Å². The van der Waals surface area contributed by atoms with Crippen LogP contribution in [0.25, 0.3) is 0 Å². The fraction of sp³-hybridized carbons (Fsp3) is 0.455. The van der Waals surface area contributed by atoms with Gasteiger partial charge < -0.3 is 10.4 Å². The van der Waals surface area contributed by atoms with Crippen LogP contribution in [0.4, 0.5) is 4.39 Å². The van der Waals surface area contributed by atoms with E-state index < -0.39 is 17.4 Å². The van der Waals surface area contributed by atoms with E-state index in [9.17, 15) is 9.18 Å². The van der Waals surface area contributed by atoms with Crippen molar-refractivity contribution in [2.45, 2.75) is 25.8 Å². The Kier molecular flexibility index (Phi) is 3.95. The molecule has 0 radical (unpaired) electrons. The van der Waals surface area contributed by atoms with Gasteiger partial charge in [-0.1, -0.05) is 6.07 Å². The fourth-order valence-electron chi connectivity index (χ4n) is 1.25. The van der Waals surface area contributed by atoms with Crippen molar-refractivity contribution in [1.29, 1.82) is 0 Å². The molecular weight excluding hydrogens is 211 g/mol. The molecule has 16 heavy (non-hydrogen) atoms. The Bertz CT molecular complexity index is 380. The number of rotatable bonds is 4. The van der Waals surface area contributed by atoms with Gasteiger partial charge in [-0.25, -0.2) is 4.98 Å². The maximum atomic E-state index is 12.8. The van der Waals surface area contributed by atoms with E-state index in [0.29, 0.717) is 6.42 Å². The summed E-state index contributed by atoms with van der Waals surface area (Å²) >= 11 is 0. The summed E-state index contributed by atoms with van der Waals surface area (Å²) in [6.45, 7) is 3.53. The first kappa shape index (κ1) is 12.6. The molecule has 88 valence electrons. The maximum absolute atomic E-state index is 12.8. The van der Waals surface area contributed by atoms with Crippen molar-refractivity contribution in [3.63, 3.8) is 0 Å². The topological polar surface area (TPSA) is 62.2 Å². The Labute approximate surface area is 93.5 Å². The molecule has 0 atom stereocenters. The van der Waals surface area contributed by atoms with Gasteiger partial charge in [0.05, 0.1) is 0 Å². The highest BCUT2D eigenvalue weighted by Gasteiger charge is 2.21. The van der Waals surface area contributed by atoms with Crippen molar-refractivity contribution in [3.05, 3.63) is 29.8 Å². The van der Waals surface area contributed by atoms with Crippen LogP contribution in [0.15, 0.2) is 18.2 Å². The molecule has 0 aromatic carbocycles. The van der Waals surface area contributed by atoms with Crippen molar-refractivity contribution in [2.24, 2.45) is 0 Å². The van der Waals surface area contributed by atoms with Crippen molar-refractivity contribution in [2.75, 3.05) is 6.61 Å². The number of amides is 1. The molecule has 0 aliphatic rings. The van der Waals surface area contributed by atoms with Crippen molar-refractivity contribution in [3.8, 4) is 0 Å². The molecule has 0 saturated carbocycles. The second-order valence-electron chi connectivity index (χ2n) is 4.16. The monoisotopic (exact) mass is 226 g/mol. The Morgan fingerprint density at radius 2 is 2.25 bits per heavy atom. The summed E-state index contributed by atoms with van der Waals surface area (Å²) in [6, 6.07) is 4.04. The fourth-order valence-corrected chi connectivity index (χ4v) is 1.25. The van der Waals surface area contributed by atoms with Crippen LogP contribution in [0.1, 0.15) is 30.8 Å². The van der Waals surface area contributed by atoms with Crippen molar-refractivity contribution in [1.82, 2.24) is 10.3 Å². The molecule has 0 spiro atoms. The van der Waals surface area contributed by atoms with E-state index in [-0.39, 0.29) is 12.3 Å². The lowest BCUT2D eigenvalue weighted by Crippen LogP contribution is -2.44. The van der Waals surface area contributed by atoms with Gasteiger partial charge in [-0.15, -0.1) is 0 Å². The predicted octanol–water partition coefficient (Wildman–Crippen LogP) is 1.11. The van der Waals surface area contributed by atoms with Gasteiger partial charge in [0.1, 0.15) is 5.69 Å². The summed E-state index contributed by atoms with van der Waals surface area (Å²) in [5.41, 5.74) is -0.508. The highest BCUT2D eigenvalue weighted by atomic mass is 19.1. The van der Waals surface area contributed by atoms with Crippen LogP contribution >= 0.6 is 0 Å². The summed E-state index contributed by atoms with van der Waals surface area (Å²) in [5.74, 6) is -1.13. The summed E-state index contributed by atoms with van der Waals surface area (Å²) < 4.78 is 12.8. The minimum absolute atomic E-state index is 0.0239. The van der Waals surface area contributed by atoms with Gasteiger partial charge >= 0.3 is 0 Å². The first-order chi connectivity index (χ1) is 7.44. The largest absolute Gasteiger partial charge is 0.396 e. The molecule has 1 amide bonds. The molecule has 1 rings (SSSR count). The molecule has 4 nitrogen and oxygen atoms in total. The average molecular weight is 226 g/mol. The minimum atomic E-state index is -0.687. The number of nitrogens with one attached hydrogen (secondary N) is 1. The molecule has 0 aliphatic heterocycles. The summed E-state index contributed by atoms with van der Waals surface area (Å²) in [6.07, 6.45) is 0.425. The van der Waals surface area contributed by atoms with E-state index in [1.807, 2.05) is 0 Å². The number of aliphatic hydroxyl groups is 1. The van der Waals surface area contributed by atoms with Gasteiger partial charge in [-0.2, -0.15) is 4.39 Å². The number of nitrogens with zero attached hydrogens (tertiary/aromatic N) is 1. The third-order valence-electron chi connectivity index (χ3n) is 2.14. The van der Waals surface area contributed by atoms with Crippen LogP contribution in [-0.2, 0) is 0 Å². The summed E-state index contributed by atoms with van der Waals surface area (Å²) in [5, 5.41) is 11.5. The van der Waals surface area contributed by atoms with Crippen LogP contribution in [0, 0.1) is 5.95 Å². The third-order valence-corrected chi connectivity index (χ3v) is 2.14.